The van der Waals surface area contributed by atoms with Crippen LogP contribution in [0.15, 0.2) is 23.9 Å². The van der Waals surface area contributed by atoms with Crippen LogP contribution in [0.1, 0.15) is 0 Å². The molecular formula is C9H12AsNO3. The van der Waals surface area contributed by atoms with Gasteiger partial charge in [-0.05, 0) is 0 Å². The number of hydrogen-bond donors (Lipinski definition) is 0. The Labute approximate surface area is 84.4 Å². The molecule has 0 amide bonds. The quantitative estimate of drug-likeness (QED) is 0.405. The molecule has 0 radical (unpaired) electrons. The Kier molecular flexibility index (Phi) is 2.86. The second-order valence-electron chi connectivity index (χ2n) is 3.92. The van der Waals surface area contributed by atoms with Gasteiger partial charge in [0.15, 0.2) is 0 Å². The second-order valence-corrected chi connectivity index (χ2v) is 13.4. The molecular weight excluding hydrogens is 245 g/mol. The molecule has 0 N–H and O–H groups in total. The summed E-state index contributed by atoms with van der Waals surface area (Å²) in [4.78, 5) is 21.0. The zero-order chi connectivity index (χ0) is 10.9. The molecule has 1 aliphatic rings. The molecule has 0 heterocycles. The molecule has 76 valence electrons. The number of carbonyl (C=O) groups is 1. The first kappa shape index (κ1) is 11.1. The first-order chi connectivity index (χ1) is 6.32. The van der Waals surface area contributed by atoms with E-state index in [1.54, 1.807) is 6.08 Å². The van der Waals surface area contributed by atoms with Crippen molar-refractivity contribution in [1.29, 1.82) is 0 Å². The molecule has 0 spiro atoms. The van der Waals surface area contributed by atoms with Gasteiger partial charge in [-0.1, -0.05) is 0 Å². The van der Waals surface area contributed by atoms with Gasteiger partial charge in [0.1, 0.15) is 0 Å². The fourth-order valence-corrected chi connectivity index (χ4v) is 3.23. The molecule has 0 unspecified atom stereocenters. The summed E-state index contributed by atoms with van der Waals surface area (Å²) in [5.41, 5.74) is 6.03. The van der Waals surface area contributed by atoms with Crippen molar-refractivity contribution in [2.45, 2.75) is 17.1 Å². The van der Waals surface area contributed by atoms with Crippen LogP contribution < -0.4 is 0 Å². The van der Waals surface area contributed by atoms with Crippen molar-refractivity contribution >= 4 is 23.2 Å². The summed E-state index contributed by atoms with van der Waals surface area (Å²) in [6.45, 7) is 0. The zero-order valence-corrected chi connectivity index (χ0v) is 10.2. The number of carbonyl (C=O) groups excluding carboxylic acids is 1. The topological polar surface area (TPSA) is 60.2 Å². The number of ketones is 1. The van der Waals surface area contributed by atoms with Gasteiger partial charge in [-0.3, -0.25) is 0 Å². The molecule has 0 aliphatic heterocycles. The maximum atomic E-state index is 11.1. The Bertz CT molecular complexity index is 404. The van der Waals surface area contributed by atoms with Crippen LogP contribution in [-0.4, -0.2) is 28.1 Å². The third-order valence-electron chi connectivity index (χ3n) is 1.91. The molecule has 0 aromatic rings. The van der Waals surface area contributed by atoms with E-state index in [1.807, 2.05) is 0 Å². The van der Waals surface area contributed by atoms with Crippen LogP contribution in [0.5, 0.6) is 0 Å². The molecule has 0 aromatic carbocycles. The Morgan fingerprint density at radius 2 is 1.86 bits per heavy atom. The molecule has 14 heavy (non-hydrogen) atoms. The minimum atomic E-state index is -1.91. The van der Waals surface area contributed by atoms with Gasteiger partial charge in [0.05, 0.1) is 0 Å². The van der Waals surface area contributed by atoms with Crippen molar-refractivity contribution in [3.63, 3.8) is 0 Å². The first-order valence-corrected chi connectivity index (χ1v) is 10.7. The van der Waals surface area contributed by atoms with Gasteiger partial charge < -0.3 is 0 Å². The molecule has 0 aromatic heterocycles. The van der Waals surface area contributed by atoms with Gasteiger partial charge >= 0.3 is 84.1 Å². The van der Waals surface area contributed by atoms with E-state index in [4.69, 9.17) is 0 Å². The average Bonchev–Trinajstić information content (AvgIpc) is 2.02. The van der Waals surface area contributed by atoms with E-state index in [2.05, 4.69) is 17.1 Å². The number of allylic oxidation sites excluding steroid dienone is 3. The Morgan fingerprint density at radius 1 is 1.29 bits per heavy atom. The standard InChI is InChI=1S/C9H12AsNO3/c1-10(2,3)7-4-5-9(12)8(6-7)11(13)14/h4-6H,1-3H3. The zero-order valence-electron chi connectivity index (χ0n) is 8.35. The number of hydrogen-bond acceptors (Lipinski definition) is 3. The fourth-order valence-electron chi connectivity index (χ4n) is 1.07. The monoisotopic (exact) mass is 257 g/mol. The van der Waals surface area contributed by atoms with Crippen LogP contribution in [0.25, 0.3) is 0 Å². The average molecular weight is 257 g/mol. The van der Waals surface area contributed by atoms with Gasteiger partial charge in [0.25, 0.3) is 0 Å². The fraction of sp³-hybridized carbons (Fsp3) is 0.333. The normalized spacial score (nSPS) is 16.9. The van der Waals surface area contributed by atoms with E-state index >= 15 is 0 Å². The van der Waals surface area contributed by atoms with Crippen molar-refractivity contribution in [1.82, 2.24) is 0 Å². The Balaban J connectivity index is 3.29. The molecule has 4 nitrogen and oxygen atoms in total. The SMILES string of the molecule is C[As](C)(C)=C1C=CC(=O)C([N+](=O)[O-])=C1. The molecule has 5 heteroatoms. The summed E-state index contributed by atoms with van der Waals surface area (Å²) in [5, 5.41) is 10.5. The van der Waals surface area contributed by atoms with Crippen molar-refractivity contribution in [2.24, 2.45) is 0 Å². The van der Waals surface area contributed by atoms with Crippen molar-refractivity contribution in [2.75, 3.05) is 0 Å². The van der Waals surface area contributed by atoms with Gasteiger partial charge in [-0.25, -0.2) is 0 Å². The summed E-state index contributed by atoms with van der Waals surface area (Å²) in [7, 11) is 0. The van der Waals surface area contributed by atoms with Gasteiger partial charge in [0, 0.05) is 0 Å². The second kappa shape index (κ2) is 3.62. The molecule has 1 rings (SSSR count). The van der Waals surface area contributed by atoms with Crippen molar-refractivity contribution in [3.05, 3.63) is 34.0 Å². The third kappa shape index (κ3) is 2.26. The van der Waals surface area contributed by atoms with E-state index < -0.39 is 23.8 Å². The summed E-state index contributed by atoms with van der Waals surface area (Å²) < 4.78 is 0.967. The van der Waals surface area contributed by atoms with Crippen LogP contribution >= 0.6 is 0 Å². The minimum absolute atomic E-state index is 0.307. The molecule has 0 bridgehead atoms. The Morgan fingerprint density at radius 3 is 2.29 bits per heavy atom. The number of rotatable bonds is 1. The van der Waals surface area contributed by atoms with Gasteiger partial charge in [-0.15, -0.1) is 0 Å². The molecule has 0 fully saturated rings. The van der Waals surface area contributed by atoms with Crippen molar-refractivity contribution < 1.29 is 9.72 Å². The van der Waals surface area contributed by atoms with Crippen LogP contribution in [0.3, 0.4) is 0 Å². The summed E-state index contributed by atoms with van der Waals surface area (Å²) in [6.07, 6.45) is 4.43. The third-order valence-corrected chi connectivity index (χ3v) is 5.75. The van der Waals surface area contributed by atoms with Crippen LogP contribution in [0, 0.1) is 10.1 Å². The maximum absolute atomic E-state index is 11.1. The predicted molar refractivity (Wildman–Crippen MR) is 57.6 cm³/mol. The van der Waals surface area contributed by atoms with Crippen LogP contribution in [0.4, 0.5) is 0 Å². The van der Waals surface area contributed by atoms with Crippen LogP contribution in [-0.2, 0) is 4.79 Å². The van der Waals surface area contributed by atoms with Crippen molar-refractivity contribution in [3.8, 4) is 0 Å². The first-order valence-electron chi connectivity index (χ1n) is 4.10. The van der Waals surface area contributed by atoms with Gasteiger partial charge in [0.2, 0.25) is 0 Å². The van der Waals surface area contributed by atoms with Crippen LogP contribution in [0.2, 0.25) is 17.1 Å². The Hall–Kier alpha value is -1.02. The molecule has 0 saturated heterocycles. The predicted octanol–water partition coefficient (Wildman–Crippen LogP) is 1.38. The van der Waals surface area contributed by atoms with E-state index in [0.717, 1.165) is 4.30 Å². The summed E-state index contributed by atoms with van der Waals surface area (Å²) in [5.74, 6) is -0.511. The molecule has 0 saturated carbocycles. The summed E-state index contributed by atoms with van der Waals surface area (Å²) in [6, 6.07) is 0. The number of nitrogens with zero attached hydrogens (tertiary/aromatic N) is 1. The summed E-state index contributed by atoms with van der Waals surface area (Å²) >= 11 is -1.91. The number of nitro groups is 1. The van der Waals surface area contributed by atoms with Gasteiger partial charge in [-0.2, -0.15) is 0 Å². The molecule has 0 atom stereocenters. The van der Waals surface area contributed by atoms with E-state index in [-0.39, 0.29) is 5.70 Å². The van der Waals surface area contributed by atoms with E-state index in [1.165, 1.54) is 12.2 Å². The van der Waals surface area contributed by atoms with E-state index in [9.17, 15) is 14.9 Å². The molecule has 1 aliphatic carbocycles. The van der Waals surface area contributed by atoms with E-state index in [0.29, 0.717) is 0 Å².